The van der Waals surface area contributed by atoms with Crippen molar-refractivity contribution in [3.05, 3.63) is 16.1 Å². The predicted molar refractivity (Wildman–Crippen MR) is 80.7 cm³/mol. The molecule has 0 aromatic carbocycles. The molecule has 4 heteroatoms. The Hall–Kier alpha value is -0.450. The van der Waals surface area contributed by atoms with Gasteiger partial charge in [-0.15, -0.1) is 11.3 Å². The van der Waals surface area contributed by atoms with E-state index >= 15 is 0 Å². The first-order valence-corrected chi connectivity index (χ1v) is 8.55. The molecule has 2 atom stereocenters. The van der Waals surface area contributed by atoms with Gasteiger partial charge in [0.25, 0.3) is 0 Å². The fourth-order valence-corrected chi connectivity index (χ4v) is 4.33. The molecule has 2 saturated heterocycles. The number of aromatic nitrogens is 1. The lowest BCUT2D eigenvalue weighted by Gasteiger charge is -2.35. The summed E-state index contributed by atoms with van der Waals surface area (Å²) in [6, 6.07) is 0.799. The Bertz CT molecular complexity index is 398. The Morgan fingerprint density at radius 1 is 1.42 bits per heavy atom. The largest absolute Gasteiger partial charge is 0.314 e. The van der Waals surface area contributed by atoms with Crippen molar-refractivity contribution in [3.63, 3.8) is 0 Å². The Labute approximate surface area is 120 Å². The quantitative estimate of drug-likeness (QED) is 0.917. The van der Waals surface area contributed by atoms with Crippen molar-refractivity contribution < 1.29 is 0 Å². The topological polar surface area (TPSA) is 28.2 Å². The highest BCUT2D eigenvalue weighted by Crippen LogP contribution is 2.25. The monoisotopic (exact) mass is 279 g/mol. The highest BCUT2D eigenvalue weighted by Gasteiger charge is 2.28. The first kappa shape index (κ1) is 13.5. The molecule has 1 N–H and O–H groups in total. The van der Waals surface area contributed by atoms with Crippen LogP contribution in [-0.2, 0) is 6.42 Å². The minimum absolute atomic E-state index is 0.799. The Morgan fingerprint density at radius 3 is 3.11 bits per heavy atom. The second-order valence-electron chi connectivity index (χ2n) is 6.02. The Morgan fingerprint density at radius 2 is 2.37 bits per heavy atom. The van der Waals surface area contributed by atoms with Crippen molar-refractivity contribution >= 4 is 11.3 Å². The van der Waals surface area contributed by atoms with E-state index in [9.17, 15) is 0 Å². The van der Waals surface area contributed by atoms with Crippen LogP contribution in [0.15, 0.2) is 5.51 Å². The average molecular weight is 279 g/mol. The molecular weight excluding hydrogens is 254 g/mol. The van der Waals surface area contributed by atoms with Crippen LogP contribution < -0.4 is 5.32 Å². The summed E-state index contributed by atoms with van der Waals surface area (Å²) in [4.78, 5) is 8.50. The second kappa shape index (κ2) is 6.33. The molecule has 0 bridgehead atoms. The summed E-state index contributed by atoms with van der Waals surface area (Å²) in [6.07, 6.45) is 6.76. The molecule has 3 rings (SSSR count). The number of hydrogen-bond acceptors (Lipinski definition) is 4. The van der Waals surface area contributed by atoms with Gasteiger partial charge in [0.1, 0.15) is 0 Å². The third kappa shape index (κ3) is 3.36. The number of piperidine rings is 1. The van der Waals surface area contributed by atoms with E-state index in [1.54, 1.807) is 0 Å². The zero-order valence-corrected chi connectivity index (χ0v) is 12.7. The highest BCUT2D eigenvalue weighted by molar-refractivity contribution is 7.09. The molecule has 106 valence electrons. The van der Waals surface area contributed by atoms with Gasteiger partial charge in [-0.25, -0.2) is 4.98 Å². The van der Waals surface area contributed by atoms with Crippen molar-refractivity contribution in [2.75, 3.05) is 26.2 Å². The van der Waals surface area contributed by atoms with Gasteiger partial charge in [-0.05, 0) is 58.0 Å². The normalized spacial score (nSPS) is 28.9. The van der Waals surface area contributed by atoms with Gasteiger partial charge in [0.15, 0.2) is 0 Å². The molecule has 2 aliphatic rings. The van der Waals surface area contributed by atoms with E-state index in [0.29, 0.717) is 0 Å². The second-order valence-corrected chi connectivity index (χ2v) is 6.96. The summed E-state index contributed by atoms with van der Waals surface area (Å²) in [7, 11) is 0. The van der Waals surface area contributed by atoms with Crippen LogP contribution in [0.25, 0.3) is 0 Å². The molecule has 1 aromatic heterocycles. The fraction of sp³-hybridized carbons (Fsp3) is 0.800. The lowest BCUT2D eigenvalue weighted by atomic mass is 9.89. The van der Waals surface area contributed by atoms with E-state index in [1.165, 1.54) is 68.9 Å². The van der Waals surface area contributed by atoms with E-state index in [-0.39, 0.29) is 0 Å². The van der Waals surface area contributed by atoms with Gasteiger partial charge in [-0.1, -0.05) is 0 Å². The highest BCUT2D eigenvalue weighted by atomic mass is 32.1. The number of thiazole rings is 1. The van der Waals surface area contributed by atoms with E-state index < -0.39 is 0 Å². The summed E-state index contributed by atoms with van der Waals surface area (Å²) in [6.45, 7) is 7.18. The maximum atomic E-state index is 4.35. The van der Waals surface area contributed by atoms with Gasteiger partial charge in [0.05, 0.1) is 11.2 Å². The maximum absolute atomic E-state index is 4.35. The number of aryl methyl sites for hydroxylation is 1. The number of likely N-dealkylation sites (tertiary alicyclic amines) is 1. The molecule has 19 heavy (non-hydrogen) atoms. The molecule has 0 amide bonds. The predicted octanol–water partition coefficient (Wildman–Crippen LogP) is 2.46. The smallest absolute Gasteiger partial charge is 0.0797 e. The number of hydrogen-bond donors (Lipinski definition) is 1. The zero-order chi connectivity index (χ0) is 13.1. The third-order valence-corrected chi connectivity index (χ3v) is 5.70. The van der Waals surface area contributed by atoms with Crippen LogP contribution >= 0.6 is 11.3 Å². The summed E-state index contributed by atoms with van der Waals surface area (Å²) in [5.74, 6) is 0.888. The van der Waals surface area contributed by atoms with Gasteiger partial charge < -0.3 is 10.2 Å². The molecule has 0 radical (unpaired) electrons. The van der Waals surface area contributed by atoms with Crippen LogP contribution in [-0.4, -0.2) is 42.1 Å². The van der Waals surface area contributed by atoms with E-state index in [2.05, 4.69) is 22.1 Å². The zero-order valence-electron chi connectivity index (χ0n) is 11.9. The summed E-state index contributed by atoms with van der Waals surface area (Å²) in [5.41, 5.74) is 3.21. The molecule has 2 aliphatic heterocycles. The van der Waals surface area contributed by atoms with Crippen LogP contribution in [0.2, 0.25) is 0 Å². The molecule has 3 heterocycles. The van der Waals surface area contributed by atoms with E-state index in [4.69, 9.17) is 0 Å². The fourth-order valence-electron chi connectivity index (χ4n) is 3.56. The summed E-state index contributed by atoms with van der Waals surface area (Å²) < 4.78 is 0. The van der Waals surface area contributed by atoms with Crippen LogP contribution in [0, 0.1) is 12.8 Å². The van der Waals surface area contributed by atoms with Crippen molar-refractivity contribution in [3.8, 4) is 0 Å². The number of nitrogens with zero attached hydrogens (tertiary/aromatic N) is 2. The van der Waals surface area contributed by atoms with Crippen molar-refractivity contribution in [1.29, 1.82) is 0 Å². The van der Waals surface area contributed by atoms with Crippen LogP contribution in [0.3, 0.4) is 0 Å². The minimum atomic E-state index is 0.799. The Kier molecular flexibility index (Phi) is 4.51. The van der Waals surface area contributed by atoms with Gasteiger partial charge in [-0.2, -0.15) is 0 Å². The van der Waals surface area contributed by atoms with Gasteiger partial charge in [-0.3, -0.25) is 0 Å². The summed E-state index contributed by atoms with van der Waals surface area (Å²) in [5, 5.41) is 3.69. The number of rotatable bonds is 4. The van der Waals surface area contributed by atoms with Crippen LogP contribution in [0.5, 0.6) is 0 Å². The maximum Gasteiger partial charge on any atom is 0.0797 e. The SMILES string of the molecule is Cc1ncsc1CCN1CCCC(C2CCCN2)C1. The molecule has 1 aromatic rings. The molecule has 0 aliphatic carbocycles. The van der Waals surface area contributed by atoms with Crippen molar-refractivity contribution in [2.45, 2.75) is 45.1 Å². The molecule has 3 nitrogen and oxygen atoms in total. The number of nitrogens with one attached hydrogen (secondary N) is 1. The first-order chi connectivity index (χ1) is 9.33. The van der Waals surface area contributed by atoms with Gasteiger partial charge >= 0.3 is 0 Å². The molecular formula is C15H25N3S. The lowest BCUT2D eigenvalue weighted by molar-refractivity contribution is 0.153. The summed E-state index contributed by atoms with van der Waals surface area (Å²) >= 11 is 1.81. The third-order valence-electron chi connectivity index (χ3n) is 4.71. The average Bonchev–Trinajstić information content (AvgIpc) is 3.08. The van der Waals surface area contributed by atoms with Gasteiger partial charge in [0.2, 0.25) is 0 Å². The van der Waals surface area contributed by atoms with E-state index in [1.807, 2.05) is 16.8 Å². The molecule has 0 saturated carbocycles. The first-order valence-electron chi connectivity index (χ1n) is 7.67. The van der Waals surface area contributed by atoms with Crippen LogP contribution in [0.4, 0.5) is 0 Å². The van der Waals surface area contributed by atoms with Crippen molar-refractivity contribution in [2.24, 2.45) is 5.92 Å². The Balaban J connectivity index is 1.49. The van der Waals surface area contributed by atoms with E-state index in [0.717, 1.165) is 12.0 Å². The van der Waals surface area contributed by atoms with Crippen molar-refractivity contribution in [1.82, 2.24) is 15.2 Å². The lowest BCUT2D eigenvalue weighted by Crippen LogP contribution is -2.44. The minimum Gasteiger partial charge on any atom is -0.314 e. The van der Waals surface area contributed by atoms with Gasteiger partial charge in [0, 0.05) is 24.0 Å². The standard InChI is InChI=1S/C15H25N3S/c1-12-15(19-11-17-12)6-9-18-8-3-4-13(10-18)14-5-2-7-16-14/h11,13-14,16H,2-10H2,1H3. The van der Waals surface area contributed by atoms with Crippen LogP contribution in [0.1, 0.15) is 36.3 Å². The molecule has 2 fully saturated rings. The molecule has 0 spiro atoms. The molecule has 2 unspecified atom stereocenters.